The van der Waals surface area contributed by atoms with Gasteiger partial charge in [-0.05, 0) is 30.3 Å². The molecule has 148 valence electrons. The Bertz CT molecular complexity index is 1250. The Morgan fingerprint density at radius 2 is 2.07 bits per heavy atom. The number of ether oxygens (including phenoxy) is 1. The van der Waals surface area contributed by atoms with Crippen LogP contribution in [0.4, 0.5) is 11.4 Å². The summed E-state index contributed by atoms with van der Waals surface area (Å²) < 4.78 is 7.09. The van der Waals surface area contributed by atoms with Crippen molar-refractivity contribution in [3.05, 3.63) is 72.0 Å². The molecule has 2 aromatic carbocycles. The van der Waals surface area contributed by atoms with Crippen molar-refractivity contribution in [2.45, 2.75) is 0 Å². The molecule has 0 spiro atoms. The lowest BCUT2D eigenvalue weighted by molar-refractivity contribution is -0.118. The molecule has 30 heavy (non-hydrogen) atoms. The van der Waals surface area contributed by atoms with Crippen LogP contribution in [0.25, 0.3) is 16.3 Å². The number of hydrogen-bond acceptors (Lipinski definition) is 6. The zero-order valence-electron chi connectivity index (χ0n) is 15.5. The Morgan fingerprint density at radius 3 is 2.93 bits per heavy atom. The minimum Gasteiger partial charge on any atom is -0.482 e. The minimum absolute atomic E-state index is 0.0127. The highest BCUT2D eigenvalue weighted by molar-refractivity contribution is 7.13. The first-order valence-electron chi connectivity index (χ1n) is 9.10. The SMILES string of the molecule is O=C1COc2ccc(NC(=O)c3csc(-c4cnn(-c5ccccc5)c4)n3)cc2N1. The zero-order chi connectivity index (χ0) is 20.5. The van der Waals surface area contributed by atoms with E-state index in [-0.39, 0.29) is 18.4 Å². The number of hydrogen-bond donors (Lipinski definition) is 2. The highest BCUT2D eigenvalue weighted by Gasteiger charge is 2.18. The van der Waals surface area contributed by atoms with E-state index in [4.69, 9.17) is 4.74 Å². The number of fused-ring (bicyclic) bond motifs is 1. The zero-order valence-corrected chi connectivity index (χ0v) is 16.3. The van der Waals surface area contributed by atoms with E-state index in [0.717, 1.165) is 11.3 Å². The molecule has 2 N–H and O–H groups in total. The van der Waals surface area contributed by atoms with Crippen molar-refractivity contribution in [3.63, 3.8) is 0 Å². The summed E-state index contributed by atoms with van der Waals surface area (Å²) in [7, 11) is 0. The van der Waals surface area contributed by atoms with Crippen LogP contribution < -0.4 is 15.4 Å². The molecule has 0 aliphatic carbocycles. The van der Waals surface area contributed by atoms with E-state index >= 15 is 0 Å². The van der Waals surface area contributed by atoms with Gasteiger partial charge in [0.1, 0.15) is 16.5 Å². The molecule has 5 rings (SSSR count). The number of amides is 2. The standard InChI is InChI=1S/C21H15N5O3S/c27-19-11-29-18-7-6-14(8-16(18)24-19)23-20(28)17-12-30-21(25-17)13-9-22-26(10-13)15-4-2-1-3-5-15/h1-10,12H,11H2,(H,23,28)(H,24,27). The maximum Gasteiger partial charge on any atom is 0.275 e. The number of aromatic nitrogens is 3. The fourth-order valence-corrected chi connectivity index (χ4v) is 3.80. The number of nitrogens with zero attached hydrogens (tertiary/aromatic N) is 3. The van der Waals surface area contributed by atoms with E-state index in [9.17, 15) is 9.59 Å². The van der Waals surface area contributed by atoms with Gasteiger partial charge in [-0.1, -0.05) is 18.2 Å². The Hall–Kier alpha value is -3.98. The molecule has 0 atom stereocenters. The molecular weight excluding hydrogens is 402 g/mol. The average molecular weight is 417 g/mol. The normalized spacial score (nSPS) is 12.6. The van der Waals surface area contributed by atoms with Gasteiger partial charge in [0, 0.05) is 22.8 Å². The molecule has 0 fully saturated rings. The van der Waals surface area contributed by atoms with E-state index in [2.05, 4.69) is 20.7 Å². The van der Waals surface area contributed by atoms with Crippen molar-refractivity contribution in [3.8, 4) is 22.0 Å². The summed E-state index contributed by atoms with van der Waals surface area (Å²) in [6.45, 7) is -0.0127. The molecule has 9 heteroatoms. The van der Waals surface area contributed by atoms with Gasteiger partial charge in [-0.25, -0.2) is 9.67 Å². The van der Waals surface area contributed by atoms with Gasteiger partial charge in [0.25, 0.3) is 11.8 Å². The van der Waals surface area contributed by atoms with Crippen molar-refractivity contribution >= 4 is 34.5 Å². The second-order valence-corrected chi connectivity index (χ2v) is 7.41. The Morgan fingerprint density at radius 1 is 1.20 bits per heavy atom. The average Bonchev–Trinajstić information content (AvgIpc) is 3.44. The van der Waals surface area contributed by atoms with Crippen molar-refractivity contribution in [1.29, 1.82) is 0 Å². The number of rotatable bonds is 4. The predicted octanol–water partition coefficient (Wildman–Crippen LogP) is 3.58. The molecule has 0 unspecified atom stereocenters. The molecule has 4 aromatic rings. The van der Waals surface area contributed by atoms with Gasteiger partial charge in [-0.3, -0.25) is 9.59 Å². The summed E-state index contributed by atoms with van der Waals surface area (Å²) in [4.78, 5) is 28.5. The van der Waals surface area contributed by atoms with Crippen molar-refractivity contribution < 1.29 is 14.3 Å². The molecule has 2 amide bonds. The third kappa shape index (κ3) is 3.53. The molecule has 0 radical (unpaired) electrons. The lowest BCUT2D eigenvalue weighted by atomic mass is 10.2. The lowest BCUT2D eigenvalue weighted by Crippen LogP contribution is -2.25. The van der Waals surface area contributed by atoms with Crippen LogP contribution in [0.3, 0.4) is 0 Å². The van der Waals surface area contributed by atoms with Gasteiger partial charge in [0.15, 0.2) is 6.61 Å². The van der Waals surface area contributed by atoms with Crippen LogP contribution in [0.1, 0.15) is 10.5 Å². The van der Waals surface area contributed by atoms with E-state index < -0.39 is 0 Å². The van der Waals surface area contributed by atoms with Crippen LogP contribution in [0.15, 0.2) is 66.3 Å². The fourth-order valence-electron chi connectivity index (χ4n) is 3.02. The topological polar surface area (TPSA) is 98.1 Å². The predicted molar refractivity (Wildman–Crippen MR) is 113 cm³/mol. The number of thiazole rings is 1. The molecule has 0 saturated heterocycles. The number of carbonyl (C=O) groups is 2. The van der Waals surface area contributed by atoms with Crippen molar-refractivity contribution in [2.75, 3.05) is 17.2 Å². The summed E-state index contributed by atoms with van der Waals surface area (Å²) in [6, 6.07) is 14.8. The van der Waals surface area contributed by atoms with Gasteiger partial charge < -0.3 is 15.4 Å². The van der Waals surface area contributed by atoms with E-state index in [0.29, 0.717) is 27.8 Å². The maximum atomic E-state index is 12.6. The third-order valence-corrected chi connectivity index (χ3v) is 5.35. The fraction of sp³-hybridized carbons (Fsp3) is 0.0476. The summed E-state index contributed by atoms with van der Waals surface area (Å²) in [5.74, 6) is 0.00101. The van der Waals surface area contributed by atoms with Crippen LogP contribution in [-0.4, -0.2) is 33.2 Å². The van der Waals surface area contributed by atoms with Gasteiger partial charge in [-0.2, -0.15) is 5.10 Å². The van der Waals surface area contributed by atoms with E-state index in [1.807, 2.05) is 36.5 Å². The largest absolute Gasteiger partial charge is 0.482 e. The molecule has 8 nitrogen and oxygen atoms in total. The van der Waals surface area contributed by atoms with Crippen LogP contribution >= 0.6 is 11.3 Å². The highest BCUT2D eigenvalue weighted by atomic mass is 32.1. The minimum atomic E-state index is -0.337. The molecule has 2 aromatic heterocycles. The van der Waals surface area contributed by atoms with Crippen LogP contribution in [0, 0.1) is 0 Å². The number of nitrogens with one attached hydrogen (secondary N) is 2. The Balaban J connectivity index is 1.32. The first-order chi connectivity index (χ1) is 14.7. The number of para-hydroxylation sites is 1. The van der Waals surface area contributed by atoms with Crippen LogP contribution in [0.5, 0.6) is 5.75 Å². The first kappa shape index (κ1) is 18.1. The van der Waals surface area contributed by atoms with Crippen LogP contribution in [-0.2, 0) is 4.79 Å². The number of benzene rings is 2. The highest BCUT2D eigenvalue weighted by Crippen LogP contribution is 2.31. The molecule has 3 heterocycles. The summed E-state index contributed by atoms with van der Waals surface area (Å²) in [5.41, 5.74) is 3.14. The number of carbonyl (C=O) groups excluding carboxylic acids is 2. The van der Waals surface area contributed by atoms with Gasteiger partial charge in [0.05, 0.1) is 17.6 Å². The summed E-state index contributed by atoms with van der Waals surface area (Å²) in [6.07, 6.45) is 3.60. The second kappa shape index (κ2) is 7.45. The summed E-state index contributed by atoms with van der Waals surface area (Å²) in [5, 5.41) is 12.3. The van der Waals surface area contributed by atoms with Gasteiger partial charge in [0.2, 0.25) is 0 Å². The number of anilines is 2. The van der Waals surface area contributed by atoms with Crippen LogP contribution in [0.2, 0.25) is 0 Å². The summed E-state index contributed by atoms with van der Waals surface area (Å²) >= 11 is 1.37. The monoisotopic (exact) mass is 417 g/mol. The second-order valence-electron chi connectivity index (χ2n) is 6.55. The molecule has 0 saturated carbocycles. The van der Waals surface area contributed by atoms with E-state index in [1.165, 1.54) is 11.3 Å². The molecule has 1 aliphatic heterocycles. The third-order valence-electron chi connectivity index (χ3n) is 4.46. The van der Waals surface area contributed by atoms with Gasteiger partial charge >= 0.3 is 0 Å². The van der Waals surface area contributed by atoms with Gasteiger partial charge in [-0.15, -0.1) is 11.3 Å². The molecule has 1 aliphatic rings. The van der Waals surface area contributed by atoms with Crippen molar-refractivity contribution in [1.82, 2.24) is 14.8 Å². The van der Waals surface area contributed by atoms with Crippen molar-refractivity contribution in [2.24, 2.45) is 0 Å². The first-order valence-corrected chi connectivity index (χ1v) is 9.98. The Kier molecular flexibility index (Phi) is 4.49. The maximum absolute atomic E-state index is 12.6. The smallest absolute Gasteiger partial charge is 0.275 e. The molecular formula is C21H15N5O3S. The quantitative estimate of drug-likeness (QED) is 0.529. The lowest BCUT2D eigenvalue weighted by Gasteiger charge is -2.18. The molecule has 0 bridgehead atoms. The Labute approximate surface area is 175 Å². The van der Waals surface area contributed by atoms with E-state index in [1.54, 1.807) is 34.5 Å².